The fourth-order valence-corrected chi connectivity index (χ4v) is 2.39. The van der Waals surface area contributed by atoms with Gasteiger partial charge in [0, 0.05) is 6.07 Å². The van der Waals surface area contributed by atoms with Crippen molar-refractivity contribution < 1.29 is 9.66 Å². The second-order valence-electron chi connectivity index (χ2n) is 5.09. The van der Waals surface area contributed by atoms with Crippen molar-refractivity contribution in [1.82, 2.24) is 0 Å². The topological polar surface area (TPSA) is 78.4 Å². The zero-order valence-electron chi connectivity index (χ0n) is 10.5. The molecule has 98 valence electrons. The molecule has 0 spiro atoms. The highest BCUT2D eigenvalue weighted by Crippen LogP contribution is 2.36. The highest BCUT2D eigenvalue weighted by molar-refractivity contribution is 5.57. The molecule has 0 atom stereocenters. The van der Waals surface area contributed by atoms with Crippen LogP contribution in [0.3, 0.4) is 0 Å². The van der Waals surface area contributed by atoms with Crippen LogP contribution in [0, 0.1) is 10.1 Å². The lowest BCUT2D eigenvalue weighted by atomic mass is 9.86. The zero-order chi connectivity index (χ0) is 13.2. The maximum atomic E-state index is 10.7. The second kappa shape index (κ2) is 4.84. The van der Waals surface area contributed by atoms with Crippen LogP contribution in [0.15, 0.2) is 18.2 Å². The predicted octanol–water partition coefficient (Wildman–Crippen LogP) is 3.28. The van der Waals surface area contributed by atoms with Gasteiger partial charge in [-0.05, 0) is 38.7 Å². The maximum absolute atomic E-state index is 10.7. The lowest BCUT2D eigenvalue weighted by molar-refractivity contribution is -0.384. The minimum Gasteiger partial charge on any atom is -0.485 e. The number of nitro groups is 1. The van der Waals surface area contributed by atoms with E-state index in [-0.39, 0.29) is 11.3 Å². The average Bonchev–Trinajstić information content (AvgIpc) is 2.32. The van der Waals surface area contributed by atoms with Gasteiger partial charge in [-0.25, -0.2) is 0 Å². The van der Waals surface area contributed by atoms with Gasteiger partial charge in [-0.3, -0.25) is 10.1 Å². The molecule has 1 aromatic rings. The molecule has 0 saturated heterocycles. The Morgan fingerprint density at radius 2 is 2.00 bits per heavy atom. The minimum atomic E-state index is -0.435. The molecule has 0 amide bonds. The molecule has 1 fully saturated rings. The summed E-state index contributed by atoms with van der Waals surface area (Å²) in [6.45, 7) is 2.05. The van der Waals surface area contributed by atoms with Crippen LogP contribution in [-0.4, -0.2) is 10.5 Å². The maximum Gasteiger partial charge on any atom is 0.273 e. The summed E-state index contributed by atoms with van der Waals surface area (Å²) in [7, 11) is 0. The Labute approximate surface area is 106 Å². The van der Waals surface area contributed by atoms with Crippen molar-refractivity contribution in [3.05, 3.63) is 28.3 Å². The van der Waals surface area contributed by atoms with Crippen LogP contribution in [0.5, 0.6) is 5.75 Å². The Morgan fingerprint density at radius 3 is 2.61 bits per heavy atom. The molecular formula is C13H18N2O3. The van der Waals surface area contributed by atoms with E-state index in [0.29, 0.717) is 11.4 Å². The van der Waals surface area contributed by atoms with E-state index >= 15 is 0 Å². The first-order valence-electron chi connectivity index (χ1n) is 6.23. The molecule has 1 aliphatic carbocycles. The number of rotatable bonds is 3. The van der Waals surface area contributed by atoms with Crippen LogP contribution in [0.1, 0.15) is 39.0 Å². The monoisotopic (exact) mass is 250 g/mol. The van der Waals surface area contributed by atoms with Crippen LogP contribution >= 0.6 is 0 Å². The Hall–Kier alpha value is -1.78. The first kappa shape index (κ1) is 12.7. The molecule has 0 aliphatic heterocycles. The molecule has 0 unspecified atom stereocenters. The van der Waals surface area contributed by atoms with E-state index < -0.39 is 4.92 Å². The molecule has 5 nitrogen and oxygen atoms in total. The van der Waals surface area contributed by atoms with E-state index in [9.17, 15) is 10.1 Å². The number of nitrogen functional groups attached to an aromatic ring is 1. The third-order valence-corrected chi connectivity index (χ3v) is 3.48. The van der Waals surface area contributed by atoms with E-state index in [2.05, 4.69) is 0 Å². The second-order valence-corrected chi connectivity index (χ2v) is 5.09. The fourth-order valence-electron chi connectivity index (χ4n) is 2.39. The van der Waals surface area contributed by atoms with Gasteiger partial charge in [-0.1, -0.05) is 6.42 Å². The van der Waals surface area contributed by atoms with Gasteiger partial charge in [0.15, 0.2) is 0 Å². The lowest BCUT2D eigenvalue weighted by Crippen LogP contribution is -2.34. The Morgan fingerprint density at radius 1 is 1.33 bits per heavy atom. The molecule has 0 radical (unpaired) electrons. The molecule has 0 aromatic heterocycles. The molecule has 5 heteroatoms. The molecular weight excluding hydrogens is 232 g/mol. The highest BCUT2D eigenvalue weighted by Gasteiger charge is 2.29. The van der Waals surface area contributed by atoms with Gasteiger partial charge < -0.3 is 10.5 Å². The summed E-state index contributed by atoms with van der Waals surface area (Å²) in [6.07, 6.45) is 5.42. The third kappa shape index (κ3) is 2.72. The molecule has 0 bridgehead atoms. The minimum absolute atomic E-state index is 0.0126. The normalized spacial score (nSPS) is 18.3. The first-order chi connectivity index (χ1) is 8.50. The Kier molecular flexibility index (Phi) is 3.41. The number of anilines is 1. The van der Waals surface area contributed by atoms with Crippen molar-refractivity contribution >= 4 is 11.4 Å². The van der Waals surface area contributed by atoms with Gasteiger partial charge >= 0.3 is 0 Å². The van der Waals surface area contributed by atoms with Crippen LogP contribution in [-0.2, 0) is 0 Å². The quantitative estimate of drug-likeness (QED) is 0.507. The van der Waals surface area contributed by atoms with Crippen molar-refractivity contribution in [2.45, 2.75) is 44.6 Å². The fraction of sp³-hybridized carbons (Fsp3) is 0.538. The SMILES string of the molecule is CC1(Oc2cc([N+](=O)[O-])ccc2N)CCCCC1. The summed E-state index contributed by atoms with van der Waals surface area (Å²) in [5, 5.41) is 10.7. The summed E-state index contributed by atoms with van der Waals surface area (Å²) in [6, 6.07) is 4.33. The van der Waals surface area contributed by atoms with Crippen LogP contribution in [0.25, 0.3) is 0 Å². The Bertz CT molecular complexity index is 454. The molecule has 1 aliphatic rings. The van der Waals surface area contributed by atoms with Gasteiger partial charge in [-0.2, -0.15) is 0 Å². The van der Waals surface area contributed by atoms with E-state index in [0.717, 1.165) is 25.7 Å². The lowest BCUT2D eigenvalue weighted by Gasteiger charge is -2.34. The number of nitrogens with two attached hydrogens (primary N) is 1. The molecule has 1 saturated carbocycles. The smallest absolute Gasteiger partial charge is 0.273 e. The molecule has 0 heterocycles. The summed E-state index contributed by atoms with van der Waals surface area (Å²) in [4.78, 5) is 10.3. The number of hydrogen-bond donors (Lipinski definition) is 1. The van der Waals surface area contributed by atoms with Crippen molar-refractivity contribution in [1.29, 1.82) is 0 Å². The molecule has 2 N–H and O–H groups in total. The van der Waals surface area contributed by atoms with Gasteiger partial charge in [0.05, 0.1) is 16.7 Å². The van der Waals surface area contributed by atoms with E-state index in [1.807, 2.05) is 6.92 Å². The summed E-state index contributed by atoms with van der Waals surface area (Å²) in [5.74, 6) is 0.425. The first-order valence-corrected chi connectivity index (χ1v) is 6.23. The van der Waals surface area contributed by atoms with E-state index in [1.54, 1.807) is 0 Å². The Balaban J connectivity index is 2.22. The van der Waals surface area contributed by atoms with Crippen molar-refractivity contribution in [3.63, 3.8) is 0 Å². The summed E-state index contributed by atoms with van der Waals surface area (Å²) in [5.41, 5.74) is 6.03. The molecule has 1 aromatic carbocycles. The van der Waals surface area contributed by atoms with Crippen LogP contribution in [0.2, 0.25) is 0 Å². The highest BCUT2D eigenvalue weighted by atomic mass is 16.6. The largest absolute Gasteiger partial charge is 0.485 e. The number of benzene rings is 1. The number of ether oxygens (including phenoxy) is 1. The molecule has 2 rings (SSSR count). The number of hydrogen-bond acceptors (Lipinski definition) is 4. The number of nitrogens with zero attached hydrogens (tertiary/aromatic N) is 1. The zero-order valence-corrected chi connectivity index (χ0v) is 10.5. The third-order valence-electron chi connectivity index (χ3n) is 3.48. The predicted molar refractivity (Wildman–Crippen MR) is 69.6 cm³/mol. The number of non-ortho nitro benzene ring substituents is 1. The van der Waals surface area contributed by atoms with Gasteiger partial charge in [0.25, 0.3) is 5.69 Å². The average molecular weight is 250 g/mol. The van der Waals surface area contributed by atoms with E-state index in [1.165, 1.54) is 24.6 Å². The van der Waals surface area contributed by atoms with Crippen LogP contribution in [0.4, 0.5) is 11.4 Å². The van der Waals surface area contributed by atoms with E-state index in [4.69, 9.17) is 10.5 Å². The molecule has 18 heavy (non-hydrogen) atoms. The van der Waals surface area contributed by atoms with Gasteiger partial charge in [-0.15, -0.1) is 0 Å². The number of nitro benzene ring substituents is 1. The van der Waals surface area contributed by atoms with Gasteiger partial charge in [0.1, 0.15) is 11.4 Å². The standard InChI is InChI=1S/C13H18N2O3/c1-13(7-3-2-4-8-13)18-12-9-10(15(16)17)5-6-11(12)14/h5-6,9H,2-4,7-8,14H2,1H3. The summed E-state index contributed by atoms with van der Waals surface area (Å²) >= 11 is 0. The van der Waals surface area contributed by atoms with Crippen molar-refractivity contribution in [2.75, 3.05) is 5.73 Å². The van der Waals surface area contributed by atoms with Crippen LogP contribution < -0.4 is 10.5 Å². The van der Waals surface area contributed by atoms with Gasteiger partial charge in [0.2, 0.25) is 0 Å². The van der Waals surface area contributed by atoms with Crippen molar-refractivity contribution in [3.8, 4) is 5.75 Å². The van der Waals surface area contributed by atoms with Crippen molar-refractivity contribution in [2.24, 2.45) is 0 Å². The summed E-state index contributed by atoms with van der Waals surface area (Å²) < 4.78 is 5.93.